The van der Waals surface area contributed by atoms with Crippen LogP contribution in [-0.2, 0) is 6.54 Å². The Morgan fingerprint density at radius 3 is 2.66 bits per heavy atom. The molecule has 0 aliphatic carbocycles. The molecule has 3 N–H and O–H groups in total. The number of carbonyl (C=O) groups is 1. The second kappa shape index (κ2) is 9.28. The minimum atomic E-state index is -4.80. The molecule has 2 atom stereocenters. The molecule has 1 heterocycles. The molecule has 0 radical (unpaired) electrons. The molecular weight excluding hydrogens is 383 g/mol. The van der Waals surface area contributed by atoms with Crippen molar-refractivity contribution in [1.29, 1.82) is 0 Å². The Labute approximate surface area is 167 Å². The molecule has 0 spiro atoms. The molecular formula is C21H24F3N3O2. The van der Waals surface area contributed by atoms with Crippen molar-refractivity contribution in [2.75, 3.05) is 13.6 Å². The lowest BCUT2D eigenvalue weighted by Crippen LogP contribution is -2.45. The molecule has 0 aromatic heterocycles. The molecule has 1 amide bonds. The van der Waals surface area contributed by atoms with E-state index in [0.29, 0.717) is 0 Å². The van der Waals surface area contributed by atoms with Crippen molar-refractivity contribution < 1.29 is 22.7 Å². The SMILES string of the molecule is CNC(=O)c1ccc(OC(F)(F)F)c(CN[C@H]2CCCN[C@H]2c2ccccc2)c1. The quantitative estimate of drug-likeness (QED) is 0.686. The monoisotopic (exact) mass is 407 g/mol. The Bertz CT molecular complexity index is 828. The number of alkyl halides is 3. The molecule has 1 aliphatic rings. The number of rotatable bonds is 6. The summed E-state index contributed by atoms with van der Waals surface area (Å²) in [6.45, 7) is 1.03. The highest BCUT2D eigenvalue weighted by Crippen LogP contribution is 2.29. The van der Waals surface area contributed by atoms with E-state index in [1.165, 1.54) is 25.2 Å². The second-order valence-electron chi connectivity index (χ2n) is 6.92. The molecule has 0 bridgehead atoms. The molecule has 0 unspecified atom stereocenters. The molecule has 3 rings (SSSR count). The third kappa shape index (κ3) is 5.71. The van der Waals surface area contributed by atoms with Gasteiger partial charge >= 0.3 is 6.36 Å². The summed E-state index contributed by atoms with van der Waals surface area (Å²) in [5.74, 6) is -0.677. The summed E-state index contributed by atoms with van der Waals surface area (Å²) in [6.07, 6.45) is -2.95. The van der Waals surface area contributed by atoms with Gasteiger partial charge in [0.15, 0.2) is 0 Å². The maximum Gasteiger partial charge on any atom is 0.573 e. The van der Waals surface area contributed by atoms with Gasteiger partial charge in [0.05, 0.1) is 0 Å². The first kappa shape index (κ1) is 21.1. The highest BCUT2D eigenvalue weighted by molar-refractivity contribution is 5.94. The van der Waals surface area contributed by atoms with Crippen molar-refractivity contribution in [1.82, 2.24) is 16.0 Å². The van der Waals surface area contributed by atoms with E-state index in [2.05, 4.69) is 20.7 Å². The standard InChI is InChI=1S/C21H24F3N3O2/c1-25-20(28)15-9-10-18(29-21(22,23)24)16(12-15)13-27-17-8-5-11-26-19(17)14-6-3-2-4-7-14/h2-4,6-7,9-10,12,17,19,26-27H,5,8,11,13H2,1H3,(H,25,28)/t17-,19-/m0/s1. The van der Waals surface area contributed by atoms with E-state index < -0.39 is 6.36 Å². The van der Waals surface area contributed by atoms with Gasteiger partial charge < -0.3 is 20.7 Å². The van der Waals surface area contributed by atoms with Crippen LogP contribution in [0.15, 0.2) is 48.5 Å². The lowest BCUT2D eigenvalue weighted by atomic mass is 9.92. The van der Waals surface area contributed by atoms with Crippen LogP contribution >= 0.6 is 0 Å². The Morgan fingerprint density at radius 1 is 1.21 bits per heavy atom. The predicted molar refractivity (Wildman–Crippen MR) is 104 cm³/mol. The molecule has 29 heavy (non-hydrogen) atoms. The first-order valence-electron chi connectivity index (χ1n) is 9.50. The third-order valence-corrected chi connectivity index (χ3v) is 4.95. The summed E-state index contributed by atoms with van der Waals surface area (Å²) in [6, 6.07) is 14.0. The highest BCUT2D eigenvalue weighted by Gasteiger charge is 2.32. The van der Waals surface area contributed by atoms with Crippen LogP contribution in [0.4, 0.5) is 13.2 Å². The molecule has 8 heteroatoms. The average molecular weight is 407 g/mol. The number of carbonyl (C=O) groups excluding carboxylic acids is 1. The van der Waals surface area contributed by atoms with Gasteiger partial charge in [-0.25, -0.2) is 0 Å². The minimum absolute atomic E-state index is 0.0357. The summed E-state index contributed by atoms with van der Waals surface area (Å²) in [5, 5.41) is 9.31. The number of piperidine rings is 1. The van der Waals surface area contributed by atoms with Crippen molar-refractivity contribution in [2.24, 2.45) is 0 Å². The second-order valence-corrected chi connectivity index (χ2v) is 6.92. The van der Waals surface area contributed by atoms with Crippen molar-refractivity contribution in [3.05, 3.63) is 65.2 Å². The van der Waals surface area contributed by atoms with Gasteiger partial charge in [-0.1, -0.05) is 30.3 Å². The fourth-order valence-corrected chi connectivity index (χ4v) is 3.59. The molecule has 2 aromatic rings. The number of nitrogens with one attached hydrogen (secondary N) is 3. The van der Waals surface area contributed by atoms with Crippen molar-refractivity contribution in [3.63, 3.8) is 0 Å². The zero-order chi connectivity index (χ0) is 20.9. The Hall–Kier alpha value is -2.58. The molecule has 0 saturated carbocycles. The summed E-state index contributed by atoms with van der Waals surface area (Å²) >= 11 is 0. The zero-order valence-corrected chi connectivity index (χ0v) is 16.1. The van der Waals surface area contributed by atoms with Gasteiger partial charge in [-0.2, -0.15) is 0 Å². The van der Waals surface area contributed by atoms with Gasteiger partial charge in [-0.05, 0) is 43.1 Å². The summed E-state index contributed by atoms with van der Waals surface area (Å²) in [5.41, 5.74) is 1.68. The average Bonchev–Trinajstić information content (AvgIpc) is 2.72. The maximum absolute atomic E-state index is 12.8. The number of halogens is 3. The third-order valence-electron chi connectivity index (χ3n) is 4.95. The minimum Gasteiger partial charge on any atom is -0.405 e. The summed E-state index contributed by atoms with van der Waals surface area (Å²) in [4.78, 5) is 11.9. The molecule has 1 fully saturated rings. The van der Waals surface area contributed by atoms with Crippen LogP contribution in [0.1, 0.15) is 40.4 Å². The molecule has 5 nitrogen and oxygen atoms in total. The van der Waals surface area contributed by atoms with E-state index in [0.717, 1.165) is 24.9 Å². The Balaban J connectivity index is 1.80. The van der Waals surface area contributed by atoms with Crippen LogP contribution in [0, 0.1) is 0 Å². The molecule has 156 valence electrons. The molecule has 1 saturated heterocycles. The van der Waals surface area contributed by atoms with Gasteiger partial charge in [-0.3, -0.25) is 4.79 Å². The summed E-state index contributed by atoms with van der Waals surface area (Å²) < 4.78 is 42.5. The van der Waals surface area contributed by atoms with Crippen LogP contribution in [0.25, 0.3) is 0 Å². The Kier molecular flexibility index (Phi) is 6.76. The first-order valence-corrected chi connectivity index (χ1v) is 9.50. The lowest BCUT2D eigenvalue weighted by molar-refractivity contribution is -0.274. The van der Waals surface area contributed by atoms with E-state index in [4.69, 9.17) is 0 Å². The zero-order valence-electron chi connectivity index (χ0n) is 16.1. The van der Waals surface area contributed by atoms with Gasteiger partial charge in [-0.15, -0.1) is 13.2 Å². The smallest absolute Gasteiger partial charge is 0.405 e. The predicted octanol–water partition coefficient (Wildman–Crippen LogP) is 3.53. The van der Waals surface area contributed by atoms with Crippen LogP contribution in [0.2, 0.25) is 0 Å². The van der Waals surface area contributed by atoms with Crippen LogP contribution in [-0.4, -0.2) is 31.9 Å². The van der Waals surface area contributed by atoms with Gasteiger partial charge in [0.2, 0.25) is 0 Å². The van der Waals surface area contributed by atoms with E-state index in [-0.39, 0.29) is 41.4 Å². The fraction of sp³-hybridized carbons (Fsp3) is 0.381. The van der Waals surface area contributed by atoms with Gasteiger partial charge in [0, 0.05) is 36.8 Å². The topological polar surface area (TPSA) is 62.4 Å². The van der Waals surface area contributed by atoms with E-state index in [9.17, 15) is 18.0 Å². The van der Waals surface area contributed by atoms with E-state index in [1.807, 2.05) is 30.3 Å². The van der Waals surface area contributed by atoms with Gasteiger partial charge in [0.25, 0.3) is 5.91 Å². The fourth-order valence-electron chi connectivity index (χ4n) is 3.59. The van der Waals surface area contributed by atoms with E-state index in [1.54, 1.807) is 0 Å². The number of amides is 1. The van der Waals surface area contributed by atoms with Crippen molar-refractivity contribution >= 4 is 5.91 Å². The summed E-state index contributed by atoms with van der Waals surface area (Å²) in [7, 11) is 1.47. The van der Waals surface area contributed by atoms with E-state index >= 15 is 0 Å². The van der Waals surface area contributed by atoms with Gasteiger partial charge in [0.1, 0.15) is 5.75 Å². The Morgan fingerprint density at radius 2 is 1.97 bits per heavy atom. The largest absolute Gasteiger partial charge is 0.573 e. The number of ether oxygens (including phenoxy) is 1. The van der Waals surface area contributed by atoms with Crippen molar-refractivity contribution in [2.45, 2.75) is 37.8 Å². The molecule has 2 aromatic carbocycles. The number of benzene rings is 2. The van der Waals surface area contributed by atoms with Crippen molar-refractivity contribution in [3.8, 4) is 5.75 Å². The van der Waals surface area contributed by atoms with Crippen LogP contribution in [0.5, 0.6) is 5.75 Å². The first-order chi connectivity index (χ1) is 13.9. The number of hydrogen-bond donors (Lipinski definition) is 3. The highest BCUT2D eigenvalue weighted by atomic mass is 19.4. The normalized spacial score (nSPS) is 19.6. The molecule has 1 aliphatic heterocycles. The van der Waals surface area contributed by atoms with Crippen LogP contribution < -0.4 is 20.7 Å². The lowest BCUT2D eigenvalue weighted by Gasteiger charge is -2.34. The maximum atomic E-state index is 12.8. The number of hydrogen-bond acceptors (Lipinski definition) is 4. The van der Waals surface area contributed by atoms with Crippen LogP contribution in [0.3, 0.4) is 0 Å².